The van der Waals surface area contributed by atoms with Crippen LogP contribution in [0.2, 0.25) is 0 Å². The lowest BCUT2D eigenvalue weighted by molar-refractivity contribution is -0.0865. The van der Waals surface area contributed by atoms with E-state index >= 15 is 0 Å². The van der Waals surface area contributed by atoms with Crippen molar-refractivity contribution >= 4 is 0 Å². The molecule has 0 spiro atoms. The fraction of sp³-hybridized carbons (Fsp3) is 0.684. The Hall–Kier alpha value is -1.10. The van der Waals surface area contributed by atoms with Gasteiger partial charge in [0.05, 0.1) is 19.3 Å². The van der Waals surface area contributed by atoms with Crippen LogP contribution in [0, 0.1) is 0 Å². The lowest BCUT2D eigenvalue weighted by Crippen LogP contribution is -2.53. The molecule has 0 aliphatic carbocycles. The predicted molar refractivity (Wildman–Crippen MR) is 92.9 cm³/mol. The molecular weight excluding hydrogens is 288 g/mol. The normalized spacial score (nSPS) is 28.0. The molecule has 0 N–H and O–H groups in total. The molecule has 0 aromatic heterocycles. The summed E-state index contributed by atoms with van der Waals surface area (Å²) >= 11 is 0. The van der Waals surface area contributed by atoms with Crippen molar-refractivity contribution in [3.63, 3.8) is 0 Å². The van der Waals surface area contributed by atoms with Crippen LogP contribution < -0.4 is 4.74 Å². The minimum absolute atomic E-state index is 0.371. The van der Waals surface area contributed by atoms with Crippen LogP contribution in [0.5, 0.6) is 5.75 Å². The van der Waals surface area contributed by atoms with Crippen LogP contribution in [0.4, 0.5) is 0 Å². The van der Waals surface area contributed by atoms with Crippen LogP contribution >= 0.6 is 0 Å². The summed E-state index contributed by atoms with van der Waals surface area (Å²) in [6.07, 6.45) is 3.29. The van der Waals surface area contributed by atoms with Crippen LogP contribution in [-0.2, 0) is 11.3 Å². The van der Waals surface area contributed by atoms with E-state index in [4.69, 9.17) is 9.47 Å². The molecule has 2 aliphatic rings. The van der Waals surface area contributed by atoms with Crippen LogP contribution in [0.1, 0.15) is 32.3 Å². The molecule has 2 saturated heterocycles. The number of benzene rings is 1. The highest BCUT2D eigenvalue weighted by Crippen LogP contribution is 2.22. The van der Waals surface area contributed by atoms with E-state index in [0.29, 0.717) is 12.2 Å². The Morgan fingerprint density at radius 2 is 1.65 bits per heavy atom. The van der Waals surface area contributed by atoms with E-state index in [2.05, 4.69) is 47.9 Å². The van der Waals surface area contributed by atoms with Gasteiger partial charge in [-0.05, 0) is 57.5 Å². The number of hydrogen-bond donors (Lipinski definition) is 0. The summed E-state index contributed by atoms with van der Waals surface area (Å²) in [6.45, 7) is 10.0. The average molecular weight is 318 g/mol. The molecule has 23 heavy (non-hydrogen) atoms. The van der Waals surface area contributed by atoms with E-state index in [9.17, 15) is 0 Å². The number of morpholine rings is 1. The number of likely N-dealkylation sites (tertiary alicyclic amines) is 1. The molecule has 3 rings (SSSR count). The van der Waals surface area contributed by atoms with Gasteiger partial charge < -0.3 is 9.47 Å². The SMILES string of the molecule is COc1ccc(CN2CCC(N3C[C@H](C)O[C@@H](C)C3)CC2)cc1. The summed E-state index contributed by atoms with van der Waals surface area (Å²) < 4.78 is 11.1. The van der Waals surface area contributed by atoms with Crippen molar-refractivity contribution < 1.29 is 9.47 Å². The van der Waals surface area contributed by atoms with Crippen LogP contribution in [0.25, 0.3) is 0 Å². The van der Waals surface area contributed by atoms with E-state index in [-0.39, 0.29) is 0 Å². The molecule has 1 aromatic carbocycles. The molecular formula is C19H30N2O2. The van der Waals surface area contributed by atoms with E-state index in [0.717, 1.165) is 31.4 Å². The topological polar surface area (TPSA) is 24.9 Å². The zero-order valence-electron chi connectivity index (χ0n) is 14.7. The molecule has 1 aromatic rings. The Morgan fingerprint density at radius 3 is 2.22 bits per heavy atom. The molecule has 0 bridgehead atoms. The fourth-order valence-electron chi connectivity index (χ4n) is 3.95. The lowest BCUT2D eigenvalue weighted by Gasteiger charge is -2.43. The van der Waals surface area contributed by atoms with Gasteiger partial charge in [0.15, 0.2) is 0 Å². The third kappa shape index (κ3) is 4.46. The highest BCUT2D eigenvalue weighted by molar-refractivity contribution is 5.27. The largest absolute Gasteiger partial charge is 0.497 e. The standard InChI is InChI=1S/C19H30N2O2/c1-15-12-21(13-16(2)23-15)18-8-10-20(11-9-18)14-17-4-6-19(22-3)7-5-17/h4-7,15-16,18H,8-14H2,1-3H3/t15-,16-/m0/s1. The Kier molecular flexibility index (Phi) is 5.57. The van der Waals surface area contributed by atoms with E-state index in [1.165, 1.54) is 31.5 Å². The number of nitrogens with zero attached hydrogens (tertiary/aromatic N) is 2. The van der Waals surface area contributed by atoms with Crippen LogP contribution in [0.3, 0.4) is 0 Å². The van der Waals surface area contributed by atoms with Crippen molar-refractivity contribution in [1.29, 1.82) is 0 Å². The maximum Gasteiger partial charge on any atom is 0.118 e. The molecule has 2 atom stereocenters. The van der Waals surface area contributed by atoms with E-state index in [1.807, 2.05) is 0 Å². The second kappa shape index (κ2) is 7.65. The average Bonchev–Trinajstić information content (AvgIpc) is 2.55. The summed E-state index contributed by atoms with van der Waals surface area (Å²) in [5, 5.41) is 0. The van der Waals surface area contributed by atoms with Gasteiger partial charge in [-0.25, -0.2) is 0 Å². The Labute approximate surface area is 140 Å². The zero-order chi connectivity index (χ0) is 16.2. The molecule has 4 heteroatoms. The second-order valence-electron chi connectivity index (χ2n) is 7.07. The summed E-state index contributed by atoms with van der Waals surface area (Å²) in [5.41, 5.74) is 1.37. The summed E-state index contributed by atoms with van der Waals surface area (Å²) in [6, 6.07) is 9.19. The van der Waals surface area contributed by atoms with Gasteiger partial charge in [0.25, 0.3) is 0 Å². The first kappa shape index (κ1) is 16.7. The maximum atomic E-state index is 5.86. The molecule has 0 radical (unpaired) electrons. The third-order valence-corrected chi connectivity index (χ3v) is 5.09. The number of ether oxygens (including phenoxy) is 2. The first-order chi connectivity index (χ1) is 11.1. The monoisotopic (exact) mass is 318 g/mol. The minimum atomic E-state index is 0.371. The van der Waals surface area contributed by atoms with Gasteiger partial charge in [-0.15, -0.1) is 0 Å². The van der Waals surface area contributed by atoms with Crippen molar-refractivity contribution in [1.82, 2.24) is 9.80 Å². The van der Waals surface area contributed by atoms with E-state index in [1.54, 1.807) is 7.11 Å². The van der Waals surface area contributed by atoms with Gasteiger partial charge >= 0.3 is 0 Å². The summed E-state index contributed by atoms with van der Waals surface area (Å²) in [5.74, 6) is 0.933. The first-order valence-corrected chi connectivity index (χ1v) is 8.89. The number of hydrogen-bond acceptors (Lipinski definition) is 4. The number of methoxy groups -OCH3 is 1. The quantitative estimate of drug-likeness (QED) is 0.852. The second-order valence-corrected chi connectivity index (χ2v) is 7.07. The molecule has 2 fully saturated rings. The van der Waals surface area contributed by atoms with Gasteiger partial charge in [-0.3, -0.25) is 9.80 Å². The van der Waals surface area contributed by atoms with Crippen LogP contribution in [-0.4, -0.2) is 61.3 Å². The predicted octanol–water partition coefficient (Wildman–Crippen LogP) is 2.77. The molecule has 0 unspecified atom stereocenters. The highest BCUT2D eigenvalue weighted by Gasteiger charge is 2.30. The molecule has 0 saturated carbocycles. The van der Waals surface area contributed by atoms with Gasteiger partial charge in [-0.1, -0.05) is 12.1 Å². The summed E-state index contributed by atoms with van der Waals surface area (Å²) in [4.78, 5) is 5.23. The zero-order valence-corrected chi connectivity index (χ0v) is 14.7. The molecule has 4 nitrogen and oxygen atoms in total. The van der Waals surface area contributed by atoms with E-state index < -0.39 is 0 Å². The maximum absolute atomic E-state index is 5.86. The molecule has 2 heterocycles. The molecule has 0 amide bonds. The van der Waals surface area contributed by atoms with Crippen molar-refractivity contribution in [3.8, 4) is 5.75 Å². The van der Waals surface area contributed by atoms with Gasteiger partial charge in [0.1, 0.15) is 5.75 Å². The van der Waals surface area contributed by atoms with Crippen molar-refractivity contribution in [2.24, 2.45) is 0 Å². The van der Waals surface area contributed by atoms with Crippen molar-refractivity contribution in [3.05, 3.63) is 29.8 Å². The van der Waals surface area contributed by atoms with Gasteiger partial charge in [0, 0.05) is 25.7 Å². The van der Waals surface area contributed by atoms with Crippen molar-refractivity contribution in [2.75, 3.05) is 33.3 Å². The van der Waals surface area contributed by atoms with Crippen molar-refractivity contribution in [2.45, 2.75) is 51.5 Å². The smallest absolute Gasteiger partial charge is 0.118 e. The lowest BCUT2D eigenvalue weighted by atomic mass is 10.0. The minimum Gasteiger partial charge on any atom is -0.497 e. The molecule has 2 aliphatic heterocycles. The van der Waals surface area contributed by atoms with Gasteiger partial charge in [-0.2, -0.15) is 0 Å². The molecule has 128 valence electrons. The Balaban J connectivity index is 1.48. The Bertz CT molecular complexity index is 473. The Morgan fingerprint density at radius 1 is 1.04 bits per heavy atom. The third-order valence-electron chi connectivity index (χ3n) is 5.09. The summed E-state index contributed by atoms with van der Waals surface area (Å²) in [7, 11) is 1.72. The fourth-order valence-corrected chi connectivity index (χ4v) is 3.95. The van der Waals surface area contributed by atoms with Crippen LogP contribution in [0.15, 0.2) is 24.3 Å². The van der Waals surface area contributed by atoms with Gasteiger partial charge in [0.2, 0.25) is 0 Å². The number of rotatable bonds is 4. The first-order valence-electron chi connectivity index (χ1n) is 8.89. The number of piperidine rings is 1. The highest BCUT2D eigenvalue weighted by atomic mass is 16.5.